The molecule has 152 valence electrons. The Bertz CT molecular complexity index is 1290. The number of nitrogens with zero attached hydrogens (tertiary/aromatic N) is 4. The highest BCUT2D eigenvalue weighted by Crippen LogP contribution is 2.36. The molecule has 1 aliphatic rings. The van der Waals surface area contributed by atoms with Crippen LogP contribution in [0.3, 0.4) is 0 Å². The molecule has 0 spiro atoms. The summed E-state index contributed by atoms with van der Waals surface area (Å²) in [5, 5.41) is 12.7. The van der Waals surface area contributed by atoms with Crippen LogP contribution < -0.4 is 5.56 Å². The fourth-order valence-electron chi connectivity index (χ4n) is 3.32. The van der Waals surface area contributed by atoms with Gasteiger partial charge in [0.2, 0.25) is 0 Å². The molecule has 30 heavy (non-hydrogen) atoms. The van der Waals surface area contributed by atoms with Gasteiger partial charge in [0.25, 0.3) is 11.5 Å². The molecule has 5 rings (SSSR count). The Hall–Kier alpha value is -2.27. The van der Waals surface area contributed by atoms with Crippen LogP contribution in [-0.4, -0.2) is 31.9 Å². The molecule has 0 aromatic carbocycles. The summed E-state index contributed by atoms with van der Waals surface area (Å²) in [6.45, 7) is 0. The maximum atomic E-state index is 13.1. The van der Waals surface area contributed by atoms with E-state index in [0.717, 1.165) is 15.5 Å². The molecule has 0 saturated heterocycles. The lowest BCUT2D eigenvalue weighted by Gasteiger charge is -2.20. The van der Waals surface area contributed by atoms with Crippen LogP contribution in [0.4, 0.5) is 0 Å². The molecule has 10 heteroatoms. The summed E-state index contributed by atoms with van der Waals surface area (Å²) in [6, 6.07) is 9.81. The number of hydrogen-bond donors (Lipinski definition) is 0. The smallest absolute Gasteiger partial charge is 0.271 e. The second kappa shape index (κ2) is 8.10. The van der Waals surface area contributed by atoms with Crippen molar-refractivity contribution in [3.8, 4) is 0 Å². The average molecular weight is 473 g/mol. The van der Waals surface area contributed by atoms with Gasteiger partial charge in [-0.15, -0.1) is 34.0 Å². The highest BCUT2D eigenvalue weighted by Gasteiger charge is 2.34. The standard InChI is InChI=1S/C20H16N4O2S4/c1-23-19(26)18-12(6-9-29-18)21-20(23)30-11-17(25)24-14(16-5-3-8-28-16)10-13(22-24)15-4-2-7-27-15/h2-9,14H,10-11H2,1H3/t14-/m1/s1. The van der Waals surface area contributed by atoms with E-state index in [4.69, 9.17) is 0 Å². The number of rotatable bonds is 5. The van der Waals surface area contributed by atoms with Crippen molar-refractivity contribution in [1.82, 2.24) is 14.6 Å². The quantitative estimate of drug-likeness (QED) is 0.315. The van der Waals surface area contributed by atoms with E-state index >= 15 is 0 Å². The first kappa shape index (κ1) is 19.7. The van der Waals surface area contributed by atoms with E-state index in [1.165, 1.54) is 27.7 Å². The van der Waals surface area contributed by atoms with E-state index in [1.807, 2.05) is 46.5 Å². The van der Waals surface area contributed by atoms with Gasteiger partial charge in [-0.25, -0.2) is 9.99 Å². The van der Waals surface area contributed by atoms with E-state index in [2.05, 4.69) is 10.1 Å². The summed E-state index contributed by atoms with van der Waals surface area (Å²) in [5.74, 6) is 0.0728. The Kier molecular flexibility index (Phi) is 5.32. The van der Waals surface area contributed by atoms with Gasteiger partial charge in [0, 0.05) is 18.3 Å². The third-order valence-electron chi connectivity index (χ3n) is 4.81. The lowest BCUT2D eigenvalue weighted by Crippen LogP contribution is -2.28. The number of hydrogen-bond acceptors (Lipinski definition) is 8. The van der Waals surface area contributed by atoms with E-state index in [1.54, 1.807) is 34.7 Å². The summed E-state index contributed by atoms with van der Waals surface area (Å²) >= 11 is 5.92. The molecule has 0 radical (unpaired) electrons. The molecule has 5 heterocycles. The first-order chi connectivity index (χ1) is 14.6. The minimum Gasteiger partial charge on any atom is -0.290 e. The van der Waals surface area contributed by atoms with Gasteiger partial charge in [0.1, 0.15) is 4.70 Å². The molecule has 0 bridgehead atoms. The first-order valence-electron chi connectivity index (χ1n) is 9.15. The molecular weight excluding hydrogens is 457 g/mol. The van der Waals surface area contributed by atoms with Crippen LogP contribution in [0.15, 0.2) is 61.5 Å². The Labute approximate surface area is 188 Å². The number of thiophene rings is 3. The normalized spacial score (nSPS) is 16.4. The second-order valence-corrected chi connectivity index (χ2v) is 10.5. The second-order valence-electron chi connectivity index (χ2n) is 6.68. The summed E-state index contributed by atoms with van der Waals surface area (Å²) in [6.07, 6.45) is 0.703. The third kappa shape index (κ3) is 3.53. The SMILES string of the molecule is Cn1c(SCC(=O)N2N=C(c3cccs3)C[C@@H]2c2cccs2)nc2ccsc2c1=O. The van der Waals surface area contributed by atoms with Gasteiger partial charge in [0.15, 0.2) is 5.16 Å². The predicted molar refractivity (Wildman–Crippen MR) is 125 cm³/mol. The Morgan fingerprint density at radius 3 is 2.77 bits per heavy atom. The van der Waals surface area contributed by atoms with Crippen LogP contribution in [0.5, 0.6) is 0 Å². The Morgan fingerprint density at radius 1 is 1.17 bits per heavy atom. The molecule has 0 saturated carbocycles. The summed E-state index contributed by atoms with van der Waals surface area (Å²) in [4.78, 5) is 32.4. The van der Waals surface area contributed by atoms with Crippen molar-refractivity contribution >= 4 is 67.6 Å². The number of carbonyl (C=O) groups is 1. The number of thioether (sulfide) groups is 1. The summed E-state index contributed by atoms with van der Waals surface area (Å²) < 4.78 is 2.15. The maximum Gasteiger partial charge on any atom is 0.271 e. The zero-order valence-corrected chi connectivity index (χ0v) is 19.1. The van der Waals surface area contributed by atoms with Gasteiger partial charge in [-0.05, 0) is 34.3 Å². The maximum absolute atomic E-state index is 13.1. The zero-order valence-electron chi connectivity index (χ0n) is 15.8. The van der Waals surface area contributed by atoms with Crippen LogP contribution in [0.2, 0.25) is 0 Å². The summed E-state index contributed by atoms with van der Waals surface area (Å²) in [5.41, 5.74) is 1.53. The topological polar surface area (TPSA) is 67.6 Å². The molecule has 1 amide bonds. The van der Waals surface area contributed by atoms with Gasteiger partial charge in [-0.1, -0.05) is 23.9 Å². The molecule has 0 aliphatic carbocycles. The van der Waals surface area contributed by atoms with Crippen molar-refractivity contribution in [2.45, 2.75) is 17.6 Å². The van der Waals surface area contributed by atoms with Crippen molar-refractivity contribution in [3.05, 3.63) is 66.6 Å². The molecular formula is C20H16N4O2S4. The predicted octanol–water partition coefficient (Wildman–Crippen LogP) is 4.59. The fourth-order valence-corrected chi connectivity index (χ4v) is 6.49. The van der Waals surface area contributed by atoms with Gasteiger partial charge in [-0.3, -0.25) is 14.2 Å². The largest absolute Gasteiger partial charge is 0.290 e. The minimum atomic E-state index is -0.0929. The Balaban J connectivity index is 1.40. The van der Waals surface area contributed by atoms with Gasteiger partial charge in [0.05, 0.1) is 27.9 Å². The molecule has 6 nitrogen and oxygen atoms in total. The van der Waals surface area contributed by atoms with Crippen LogP contribution in [0, 0.1) is 0 Å². The number of carbonyl (C=O) groups excluding carboxylic acids is 1. The van der Waals surface area contributed by atoms with Gasteiger partial charge < -0.3 is 0 Å². The highest BCUT2D eigenvalue weighted by atomic mass is 32.2. The summed E-state index contributed by atoms with van der Waals surface area (Å²) in [7, 11) is 1.69. The van der Waals surface area contributed by atoms with Crippen LogP contribution in [0.25, 0.3) is 10.2 Å². The molecule has 4 aromatic heterocycles. The van der Waals surface area contributed by atoms with Crippen LogP contribution in [0.1, 0.15) is 22.2 Å². The molecule has 4 aromatic rings. The third-order valence-corrected chi connectivity index (χ3v) is 8.61. The van der Waals surface area contributed by atoms with Crippen molar-refractivity contribution in [2.75, 3.05) is 5.75 Å². The molecule has 1 aliphatic heterocycles. The van der Waals surface area contributed by atoms with E-state index in [-0.39, 0.29) is 23.3 Å². The van der Waals surface area contributed by atoms with Crippen molar-refractivity contribution in [3.63, 3.8) is 0 Å². The average Bonchev–Trinajstić information content (AvgIpc) is 3.55. The van der Waals surface area contributed by atoms with Crippen molar-refractivity contribution < 1.29 is 4.79 Å². The highest BCUT2D eigenvalue weighted by molar-refractivity contribution is 7.99. The van der Waals surface area contributed by atoms with Crippen LogP contribution in [-0.2, 0) is 11.8 Å². The molecule has 1 atom stereocenters. The monoisotopic (exact) mass is 472 g/mol. The minimum absolute atomic E-state index is 0.0828. The zero-order chi connectivity index (χ0) is 20.7. The Morgan fingerprint density at radius 2 is 2.00 bits per heavy atom. The number of hydrazone groups is 1. The molecule has 0 N–H and O–H groups in total. The lowest BCUT2D eigenvalue weighted by atomic mass is 10.1. The van der Waals surface area contributed by atoms with Crippen molar-refractivity contribution in [1.29, 1.82) is 0 Å². The van der Waals surface area contributed by atoms with E-state index < -0.39 is 0 Å². The first-order valence-corrected chi connectivity index (χ1v) is 12.8. The van der Waals surface area contributed by atoms with E-state index in [0.29, 0.717) is 21.8 Å². The van der Waals surface area contributed by atoms with Gasteiger partial charge in [-0.2, -0.15) is 5.10 Å². The van der Waals surface area contributed by atoms with Crippen molar-refractivity contribution in [2.24, 2.45) is 12.1 Å². The fraction of sp³-hybridized carbons (Fsp3) is 0.200. The molecule has 0 unspecified atom stereocenters. The lowest BCUT2D eigenvalue weighted by molar-refractivity contribution is -0.130. The molecule has 0 fully saturated rings. The van der Waals surface area contributed by atoms with E-state index in [9.17, 15) is 9.59 Å². The van der Waals surface area contributed by atoms with Gasteiger partial charge >= 0.3 is 0 Å². The number of amides is 1. The number of fused-ring (bicyclic) bond motifs is 1. The number of aromatic nitrogens is 2. The van der Waals surface area contributed by atoms with Crippen LogP contribution >= 0.6 is 45.8 Å².